The van der Waals surface area contributed by atoms with Gasteiger partial charge in [0.15, 0.2) is 5.13 Å². The molecule has 0 aliphatic carbocycles. The number of carbonyl (C=O) groups excluding carboxylic acids is 1. The summed E-state index contributed by atoms with van der Waals surface area (Å²) in [5.41, 5.74) is 0.430. The first kappa shape index (κ1) is 13.7. The van der Waals surface area contributed by atoms with Crippen molar-refractivity contribution in [3.8, 4) is 0 Å². The number of thiazole rings is 1. The number of nitrogens with one attached hydrogen (secondary N) is 2. The molecule has 0 atom stereocenters. The van der Waals surface area contributed by atoms with Crippen LogP contribution < -0.4 is 10.6 Å². The number of nitrogens with zero attached hydrogens (tertiary/aromatic N) is 5. The van der Waals surface area contributed by atoms with Gasteiger partial charge >= 0.3 is 0 Å². The van der Waals surface area contributed by atoms with E-state index in [-0.39, 0.29) is 5.91 Å². The highest BCUT2D eigenvalue weighted by Crippen LogP contribution is 2.14. The Morgan fingerprint density at radius 2 is 2.42 bits per heavy atom. The van der Waals surface area contributed by atoms with Crippen LogP contribution in [0.2, 0.25) is 0 Å². The van der Waals surface area contributed by atoms with Crippen molar-refractivity contribution in [3.63, 3.8) is 0 Å². The van der Waals surface area contributed by atoms with E-state index < -0.39 is 0 Å². The van der Waals surface area contributed by atoms with Crippen molar-refractivity contribution in [2.45, 2.75) is 5.16 Å². The molecule has 2 N–H and O–H groups in total. The molecule has 8 nitrogen and oxygen atoms in total. The second kappa shape index (κ2) is 6.48. The number of rotatable bonds is 6. The van der Waals surface area contributed by atoms with E-state index >= 15 is 0 Å². The minimum atomic E-state index is -0.172. The van der Waals surface area contributed by atoms with Gasteiger partial charge in [-0.3, -0.25) is 4.79 Å². The van der Waals surface area contributed by atoms with Gasteiger partial charge in [0.2, 0.25) is 5.16 Å². The number of hydrogen-bond donors (Lipinski definition) is 2. The molecule has 2 rings (SSSR count). The number of aromatic nitrogens is 5. The van der Waals surface area contributed by atoms with Crippen molar-refractivity contribution in [1.29, 1.82) is 0 Å². The number of tetrazole rings is 1. The maximum Gasteiger partial charge on any atom is 0.270 e. The van der Waals surface area contributed by atoms with Crippen molar-refractivity contribution in [2.75, 3.05) is 24.7 Å². The first-order valence-corrected chi connectivity index (χ1v) is 7.34. The van der Waals surface area contributed by atoms with Crippen LogP contribution in [-0.4, -0.2) is 50.4 Å². The summed E-state index contributed by atoms with van der Waals surface area (Å²) in [6.07, 6.45) is 0. The molecular weight excluding hydrogens is 286 g/mol. The SMILES string of the molecule is CNc1nc(C(=O)NCCSc2nnnn2C)cs1. The van der Waals surface area contributed by atoms with Gasteiger partial charge in [0.05, 0.1) is 0 Å². The average Bonchev–Trinajstić information content (AvgIpc) is 3.03. The standard InChI is InChI=1S/C9H13N7OS2/c1-10-8-12-6(5-19-8)7(17)11-3-4-18-9-13-14-15-16(9)2/h5H,3-4H2,1-2H3,(H,10,12)(H,11,17). The molecule has 0 aliphatic rings. The molecule has 0 fully saturated rings. The molecule has 2 heterocycles. The van der Waals surface area contributed by atoms with E-state index in [1.807, 2.05) is 0 Å². The van der Waals surface area contributed by atoms with Gasteiger partial charge in [-0.25, -0.2) is 9.67 Å². The first-order valence-electron chi connectivity index (χ1n) is 5.47. The number of aryl methyl sites for hydroxylation is 1. The van der Waals surface area contributed by atoms with E-state index in [1.54, 1.807) is 24.2 Å². The summed E-state index contributed by atoms with van der Waals surface area (Å²) in [7, 11) is 3.54. The predicted octanol–water partition coefficient (Wildman–Crippen LogP) is 0.230. The third kappa shape index (κ3) is 3.64. The van der Waals surface area contributed by atoms with Crippen LogP contribution in [0.4, 0.5) is 5.13 Å². The Morgan fingerprint density at radius 1 is 1.58 bits per heavy atom. The third-order valence-corrected chi connectivity index (χ3v) is 4.02. The van der Waals surface area contributed by atoms with E-state index in [9.17, 15) is 4.79 Å². The summed E-state index contributed by atoms with van der Waals surface area (Å²) in [5, 5.41) is 20.0. The zero-order chi connectivity index (χ0) is 13.7. The van der Waals surface area contributed by atoms with Crippen LogP contribution in [0.15, 0.2) is 10.5 Å². The molecule has 0 spiro atoms. The highest BCUT2D eigenvalue weighted by atomic mass is 32.2. The molecule has 2 aromatic heterocycles. The van der Waals surface area contributed by atoms with Crippen LogP contribution >= 0.6 is 23.1 Å². The van der Waals surface area contributed by atoms with E-state index in [1.165, 1.54) is 23.1 Å². The molecule has 0 bridgehead atoms. The van der Waals surface area contributed by atoms with Crippen molar-refractivity contribution in [1.82, 2.24) is 30.5 Å². The lowest BCUT2D eigenvalue weighted by Gasteiger charge is -2.02. The first-order chi connectivity index (χ1) is 9.20. The molecule has 0 aliphatic heterocycles. The quantitative estimate of drug-likeness (QED) is 0.582. The van der Waals surface area contributed by atoms with E-state index in [4.69, 9.17) is 0 Å². The molecule has 1 amide bonds. The number of carbonyl (C=O) groups is 1. The van der Waals surface area contributed by atoms with E-state index in [0.29, 0.717) is 18.0 Å². The van der Waals surface area contributed by atoms with Crippen LogP contribution in [0, 0.1) is 0 Å². The van der Waals surface area contributed by atoms with Gasteiger partial charge in [-0.1, -0.05) is 11.8 Å². The fraction of sp³-hybridized carbons (Fsp3) is 0.444. The Morgan fingerprint density at radius 3 is 3.05 bits per heavy atom. The summed E-state index contributed by atoms with van der Waals surface area (Å²) >= 11 is 2.88. The Hall–Kier alpha value is -1.68. The molecule has 0 aromatic carbocycles. The average molecular weight is 299 g/mol. The van der Waals surface area contributed by atoms with Gasteiger partial charge in [-0.2, -0.15) is 0 Å². The van der Waals surface area contributed by atoms with E-state index in [2.05, 4.69) is 31.1 Å². The highest BCUT2D eigenvalue weighted by molar-refractivity contribution is 7.99. The molecule has 0 radical (unpaired) electrons. The summed E-state index contributed by atoms with van der Waals surface area (Å²) < 4.78 is 1.59. The molecular formula is C9H13N7OS2. The lowest BCUT2D eigenvalue weighted by Crippen LogP contribution is -2.26. The van der Waals surface area contributed by atoms with Crippen molar-refractivity contribution in [2.24, 2.45) is 7.05 Å². The van der Waals surface area contributed by atoms with Crippen LogP contribution in [0.25, 0.3) is 0 Å². The monoisotopic (exact) mass is 299 g/mol. The van der Waals surface area contributed by atoms with Gasteiger partial charge in [0.25, 0.3) is 5.91 Å². The molecule has 102 valence electrons. The van der Waals surface area contributed by atoms with Crippen molar-refractivity contribution in [3.05, 3.63) is 11.1 Å². The maximum absolute atomic E-state index is 11.8. The normalized spacial score (nSPS) is 10.4. The van der Waals surface area contributed by atoms with Crippen LogP contribution in [-0.2, 0) is 7.05 Å². The molecule has 0 saturated heterocycles. The van der Waals surface area contributed by atoms with Gasteiger partial charge in [0, 0.05) is 31.8 Å². The van der Waals surface area contributed by atoms with Gasteiger partial charge < -0.3 is 10.6 Å². The topological polar surface area (TPSA) is 97.6 Å². The van der Waals surface area contributed by atoms with Crippen LogP contribution in [0.5, 0.6) is 0 Å². The third-order valence-electron chi connectivity index (χ3n) is 2.15. The summed E-state index contributed by atoms with van der Waals surface area (Å²) in [6.45, 7) is 0.531. The molecule has 0 saturated carbocycles. The molecule has 19 heavy (non-hydrogen) atoms. The number of hydrogen-bond acceptors (Lipinski definition) is 8. The summed E-state index contributed by atoms with van der Waals surface area (Å²) in [4.78, 5) is 15.9. The minimum Gasteiger partial charge on any atom is -0.365 e. The Kier molecular flexibility index (Phi) is 4.68. The van der Waals surface area contributed by atoms with Gasteiger partial charge in [0.1, 0.15) is 5.69 Å². The fourth-order valence-corrected chi connectivity index (χ4v) is 2.59. The van der Waals surface area contributed by atoms with Crippen LogP contribution in [0.1, 0.15) is 10.5 Å². The summed E-state index contributed by atoms with van der Waals surface area (Å²) in [6, 6.07) is 0. The van der Waals surface area contributed by atoms with Gasteiger partial charge in [-0.05, 0) is 10.4 Å². The smallest absolute Gasteiger partial charge is 0.270 e. The van der Waals surface area contributed by atoms with Crippen molar-refractivity contribution < 1.29 is 4.79 Å². The zero-order valence-electron chi connectivity index (χ0n) is 10.5. The van der Waals surface area contributed by atoms with Crippen molar-refractivity contribution >= 4 is 34.1 Å². The minimum absolute atomic E-state index is 0.172. The fourth-order valence-electron chi connectivity index (χ4n) is 1.23. The highest BCUT2D eigenvalue weighted by Gasteiger charge is 2.09. The summed E-state index contributed by atoms with van der Waals surface area (Å²) in [5.74, 6) is 0.526. The molecule has 0 unspecified atom stereocenters. The Labute approximate surface area is 118 Å². The number of thioether (sulfide) groups is 1. The molecule has 10 heteroatoms. The lowest BCUT2D eigenvalue weighted by molar-refractivity contribution is 0.0952. The number of anilines is 1. The largest absolute Gasteiger partial charge is 0.365 e. The van der Waals surface area contributed by atoms with Gasteiger partial charge in [-0.15, -0.1) is 16.4 Å². The second-order valence-corrected chi connectivity index (χ2v) is 5.40. The van der Waals surface area contributed by atoms with Crippen LogP contribution in [0.3, 0.4) is 0 Å². The zero-order valence-corrected chi connectivity index (χ0v) is 12.1. The number of amides is 1. The predicted molar refractivity (Wildman–Crippen MR) is 73.5 cm³/mol. The Balaban J connectivity index is 1.73. The Bertz CT molecular complexity index is 552. The molecule has 2 aromatic rings. The maximum atomic E-state index is 11.8. The van der Waals surface area contributed by atoms with E-state index in [0.717, 1.165) is 10.3 Å². The second-order valence-electron chi connectivity index (χ2n) is 3.48. The lowest BCUT2D eigenvalue weighted by atomic mass is 10.4.